The van der Waals surface area contributed by atoms with E-state index in [0.29, 0.717) is 18.6 Å². The van der Waals surface area contributed by atoms with Crippen LogP contribution in [0.2, 0.25) is 0 Å². The third-order valence-electron chi connectivity index (χ3n) is 3.54. The third-order valence-corrected chi connectivity index (χ3v) is 4.55. The number of anilines is 1. The topological polar surface area (TPSA) is 67.4 Å². The fourth-order valence-corrected chi connectivity index (χ4v) is 2.99. The minimum atomic E-state index is -0.0349. The number of likely N-dealkylation sites (N-methyl/N-ethyl adjacent to an activating group) is 1. The van der Waals surface area contributed by atoms with E-state index in [1.807, 2.05) is 48.5 Å². The van der Waals surface area contributed by atoms with Crippen LogP contribution in [0.3, 0.4) is 0 Å². The van der Waals surface area contributed by atoms with Crippen molar-refractivity contribution >= 4 is 29.3 Å². The summed E-state index contributed by atoms with van der Waals surface area (Å²) >= 11 is 1.63. The van der Waals surface area contributed by atoms with Crippen molar-refractivity contribution in [2.45, 2.75) is 17.7 Å². The van der Waals surface area contributed by atoms with Crippen molar-refractivity contribution in [2.75, 3.05) is 25.2 Å². The monoisotopic (exact) mass is 358 g/mol. The molecule has 0 spiro atoms. The maximum Gasteiger partial charge on any atom is 0.225 e. The Bertz CT molecular complexity index is 700. The van der Waals surface area contributed by atoms with E-state index in [4.69, 9.17) is 4.74 Å². The van der Waals surface area contributed by atoms with Gasteiger partial charge in [-0.1, -0.05) is 12.1 Å². The summed E-state index contributed by atoms with van der Waals surface area (Å²) in [6, 6.07) is 15.1. The minimum absolute atomic E-state index is 0.0277. The summed E-state index contributed by atoms with van der Waals surface area (Å²) in [6.07, 6.45) is 0.764. The highest BCUT2D eigenvalue weighted by molar-refractivity contribution is 7.99. The summed E-state index contributed by atoms with van der Waals surface area (Å²) in [5.41, 5.74) is 1.65. The zero-order chi connectivity index (χ0) is 18.1. The molecule has 0 radical (unpaired) electrons. The van der Waals surface area contributed by atoms with Crippen molar-refractivity contribution in [3.63, 3.8) is 0 Å². The number of benzene rings is 2. The van der Waals surface area contributed by atoms with Crippen LogP contribution in [-0.2, 0) is 16.0 Å². The Hall–Kier alpha value is -2.47. The van der Waals surface area contributed by atoms with Gasteiger partial charge in [0.1, 0.15) is 5.75 Å². The van der Waals surface area contributed by atoms with Crippen molar-refractivity contribution in [3.05, 3.63) is 54.1 Å². The van der Waals surface area contributed by atoms with Gasteiger partial charge in [-0.05, 0) is 42.0 Å². The van der Waals surface area contributed by atoms with Gasteiger partial charge in [-0.3, -0.25) is 9.59 Å². The average Bonchev–Trinajstić information content (AvgIpc) is 2.64. The lowest BCUT2D eigenvalue weighted by atomic mass is 10.1. The standard InChI is InChI=1S/C19H22N2O3S/c1-20-19(23)13-14-3-5-15(6-4-14)21-18(22)11-12-25-17-9-7-16(24-2)8-10-17/h3-10H,11-13H2,1-2H3,(H,20,23)(H,21,22). The van der Waals surface area contributed by atoms with Crippen LogP contribution in [0.1, 0.15) is 12.0 Å². The van der Waals surface area contributed by atoms with Crippen molar-refractivity contribution in [2.24, 2.45) is 0 Å². The van der Waals surface area contributed by atoms with Crippen LogP contribution >= 0.6 is 11.8 Å². The van der Waals surface area contributed by atoms with Gasteiger partial charge in [-0.2, -0.15) is 0 Å². The highest BCUT2D eigenvalue weighted by atomic mass is 32.2. The molecule has 0 bridgehead atoms. The smallest absolute Gasteiger partial charge is 0.225 e. The Morgan fingerprint density at radius 2 is 1.68 bits per heavy atom. The second-order valence-corrected chi connectivity index (χ2v) is 6.54. The average molecular weight is 358 g/mol. The van der Waals surface area contributed by atoms with E-state index >= 15 is 0 Å². The zero-order valence-corrected chi connectivity index (χ0v) is 15.2. The molecule has 0 saturated carbocycles. The molecular weight excluding hydrogens is 336 g/mol. The van der Waals surface area contributed by atoms with Crippen LogP contribution in [0.5, 0.6) is 5.75 Å². The second kappa shape index (κ2) is 9.74. The maximum absolute atomic E-state index is 12.0. The highest BCUT2D eigenvalue weighted by Gasteiger charge is 2.05. The van der Waals surface area contributed by atoms with E-state index in [-0.39, 0.29) is 11.8 Å². The van der Waals surface area contributed by atoms with Gasteiger partial charge in [0.2, 0.25) is 11.8 Å². The van der Waals surface area contributed by atoms with Crippen molar-refractivity contribution < 1.29 is 14.3 Å². The molecule has 2 N–H and O–H groups in total. The van der Waals surface area contributed by atoms with Crippen LogP contribution in [-0.4, -0.2) is 31.7 Å². The Balaban J connectivity index is 1.74. The van der Waals surface area contributed by atoms with Crippen LogP contribution in [0, 0.1) is 0 Å². The first-order chi connectivity index (χ1) is 12.1. The van der Waals surface area contributed by atoms with E-state index in [9.17, 15) is 9.59 Å². The Morgan fingerprint density at radius 3 is 2.28 bits per heavy atom. The number of methoxy groups -OCH3 is 1. The van der Waals surface area contributed by atoms with E-state index in [0.717, 1.165) is 21.9 Å². The van der Waals surface area contributed by atoms with E-state index in [1.165, 1.54) is 0 Å². The SMILES string of the molecule is CNC(=O)Cc1ccc(NC(=O)CCSc2ccc(OC)cc2)cc1. The molecule has 0 aromatic heterocycles. The number of hydrogen-bond donors (Lipinski definition) is 2. The molecule has 0 saturated heterocycles. The molecule has 0 atom stereocenters. The lowest BCUT2D eigenvalue weighted by Gasteiger charge is -2.07. The molecule has 25 heavy (non-hydrogen) atoms. The minimum Gasteiger partial charge on any atom is -0.497 e. The lowest BCUT2D eigenvalue weighted by Crippen LogP contribution is -2.19. The van der Waals surface area contributed by atoms with Crippen LogP contribution in [0.15, 0.2) is 53.4 Å². The number of ether oxygens (including phenoxy) is 1. The first-order valence-electron chi connectivity index (χ1n) is 7.97. The predicted molar refractivity (Wildman–Crippen MR) is 101 cm³/mol. The summed E-state index contributed by atoms with van der Waals surface area (Å²) in [5.74, 6) is 1.46. The first-order valence-corrected chi connectivity index (χ1v) is 8.95. The highest BCUT2D eigenvalue weighted by Crippen LogP contribution is 2.22. The summed E-state index contributed by atoms with van der Waals surface area (Å²) in [5, 5.41) is 5.45. The number of amides is 2. The van der Waals surface area contributed by atoms with Crippen LogP contribution < -0.4 is 15.4 Å². The number of carbonyl (C=O) groups is 2. The van der Waals surface area contributed by atoms with Gasteiger partial charge < -0.3 is 15.4 Å². The maximum atomic E-state index is 12.0. The summed E-state index contributed by atoms with van der Waals surface area (Å²) in [4.78, 5) is 24.4. The van der Waals surface area contributed by atoms with E-state index in [1.54, 1.807) is 25.9 Å². The molecule has 0 unspecified atom stereocenters. The van der Waals surface area contributed by atoms with Gasteiger partial charge in [-0.15, -0.1) is 11.8 Å². The number of nitrogens with one attached hydrogen (secondary N) is 2. The Kier molecular flexibility index (Phi) is 7.35. The van der Waals surface area contributed by atoms with Gasteiger partial charge in [0.25, 0.3) is 0 Å². The molecule has 0 fully saturated rings. The van der Waals surface area contributed by atoms with Gasteiger partial charge in [0.05, 0.1) is 13.5 Å². The molecule has 132 valence electrons. The molecule has 6 heteroatoms. The molecule has 2 rings (SSSR count). The molecular formula is C19H22N2O3S. The van der Waals surface area contributed by atoms with Crippen LogP contribution in [0.25, 0.3) is 0 Å². The fraction of sp³-hybridized carbons (Fsp3) is 0.263. The predicted octanol–water partition coefficient (Wildman–Crippen LogP) is 3.10. The molecule has 2 aromatic carbocycles. The largest absolute Gasteiger partial charge is 0.497 e. The first kappa shape index (κ1) is 18.9. The molecule has 0 heterocycles. The Labute approximate surface area is 152 Å². The van der Waals surface area contributed by atoms with Gasteiger partial charge >= 0.3 is 0 Å². The number of thioether (sulfide) groups is 1. The van der Waals surface area contributed by atoms with Crippen molar-refractivity contribution in [1.82, 2.24) is 5.32 Å². The molecule has 2 aromatic rings. The number of rotatable bonds is 8. The number of carbonyl (C=O) groups excluding carboxylic acids is 2. The summed E-state index contributed by atoms with van der Waals surface area (Å²) < 4.78 is 5.12. The van der Waals surface area contributed by atoms with Crippen molar-refractivity contribution in [3.8, 4) is 5.75 Å². The van der Waals surface area contributed by atoms with E-state index < -0.39 is 0 Å². The fourth-order valence-electron chi connectivity index (χ4n) is 2.14. The van der Waals surface area contributed by atoms with Crippen molar-refractivity contribution in [1.29, 1.82) is 0 Å². The van der Waals surface area contributed by atoms with Crippen LogP contribution in [0.4, 0.5) is 5.69 Å². The summed E-state index contributed by atoms with van der Waals surface area (Å²) in [6.45, 7) is 0. The summed E-state index contributed by atoms with van der Waals surface area (Å²) in [7, 11) is 3.25. The molecule has 0 aliphatic heterocycles. The zero-order valence-electron chi connectivity index (χ0n) is 14.4. The molecule has 5 nitrogen and oxygen atoms in total. The second-order valence-electron chi connectivity index (χ2n) is 5.37. The normalized spacial score (nSPS) is 10.2. The van der Waals surface area contributed by atoms with E-state index in [2.05, 4.69) is 10.6 Å². The quantitative estimate of drug-likeness (QED) is 0.712. The molecule has 0 aliphatic carbocycles. The van der Waals surface area contributed by atoms with Gasteiger partial charge in [0, 0.05) is 29.8 Å². The van der Waals surface area contributed by atoms with Gasteiger partial charge in [-0.25, -0.2) is 0 Å². The molecule has 0 aliphatic rings. The third kappa shape index (κ3) is 6.51. The Morgan fingerprint density at radius 1 is 1.00 bits per heavy atom. The number of hydrogen-bond acceptors (Lipinski definition) is 4. The molecule has 2 amide bonds. The van der Waals surface area contributed by atoms with Gasteiger partial charge in [0.15, 0.2) is 0 Å². The lowest BCUT2D eigenvalue weighted by molar-refractivity contribution is -0.120.